The number of hydrogen-bond acceptors (Lipinski definition) is 4. The zero-order valence-corrected chi connectivity index (χ0v) is 10.9. The normalized spacial score (nSPS) is 17.9. The molecule has 1 aromatic heterocycles. The molecule has 19 heavy (non-hydrogen) atoms. The van der Waals surface area contributed by atoms with Crippen molar-refractivity contribution in [1.82, 2.24) is 20.5 Å². The second-order valence-electron chi connectivity index (χ2n) is 5.11. The lowest BCUT2D eigenvalue weighted by Gasteiger charge is -2.36. The van der Waals surface area contributed by atoms with E-state index in [1.54, 1.807) is 6.92 Å². The number of amides is 1. The lowest BCUT2D eigenvalue weighted by molar-refractivity contribution is -0.139. The van der Waals surface area contributed by atoms with E-state index < -0.39 is 17.4 Å². The maximum absolute atomic E-state index is 12.1. The number of aliphatic carboxylic acids is 1. The number of nitrogens with zero attached hydrogens (tertiary/aromatic N) is 2. The predicted molar refractivity (Wildman–Crippen MR) is 66.7 cm³/mol. The summed E-state index contributed by atoms with van der Waals surface area (Å²) in [5.74, 6) is -0.685. The third kappa shape index (κ3) is 3.30. The Morgan fingerprint density at radius 1 is 1.37 bits per heavy atom. The Morgan fingerprint density at radius 2 is 2.05 bits per heavy atom. The van der Waals surface area contributed by atoms with E-state index in [9.17, 15) is 9.59 Å². The number of carbonyl (C=O) groups is 2. The average molecular weight is 266 g/mol. The number of rotatable bonds is 4. The Bertz CT molecular complexity index is 477. The van der Waals surface area contributed by atoms with Gasteiger partial charge < -0.3 is 10.4 Å². The van der Waals surface area contributed by atoms with Gasteiger partial charge in [0.15, 0.2) is 0 Å². The summed E-state index contributed by atoms with van der Waals surface area (Å²) in [5, 5.41) is 18.3. The van der Waals surface area contributed by atoms with E-state index in [-0.39, 0.29) is 12.2 Å². The quantitative estimate of drug-likeness (QED) is 0.754. The minimum atomic E-state index is -0.895. The van der Waals surface area contributed by atoms with Crippen molar-refractivity contribution in [3.8, 4) is 0 Å². The van der Waals surface area contributed by atoms with Crippen LogP contribution in [-0.2, 0) is 4.79 Å². The Kier molecular flexibility index (Phi) is 3.82. The summed E-state index contributed by atoms with van der Waals surface area (Å²) in [6.07, 6.45) is 4.27. The highest BCUT2D eigenvalue weighted by Gasteiger charge is 2.36. The van der Waals surface area contributed by atoms with Crippen LogP contribution < -0.4 is 5.32 Å². The SMILES string of the molecule is Cc1nc(C(=O)NC2(CC(=O)O)CCCCC2)n[nH]1. The van der Waals surface area contributed by atoms with Gasteiger partial charge in [-0.15, -0.1) is 5.10 Å². The first-order chi connectivity index (χ1) is 9.01. The van der Waals surface area contributed by atoms with Crippen LogP contribution in [0, 0.1) is 6.92 Å². The van der Waals surface area contributed by atoms with Gasteiger partial charge in [0.05, 0.1) is 12.0 Å². The molecule has 0 radical (unpaired) electrons. The highest BCUT2D eigenvalue weighted by atomic mass is 16.4. The van der Waals surface area contributed by atoms with E-state index in [1.165, 1.54) is 0 Å². The first-order valence-electron chi connectivity index (χ1n) is 6.44. The molecule has 0 bridgehead atoms. The number of aromatic nitrogens is 3. The number of carboxylic acids is 1. The summed E-state index contributed by atoms with van der Waals surface area (Å²) in [7, 11) is 0. The molecular formula is C12H18N4O3. The van der Waals surface area contributed by atoms with E-state index in [1.807, 2.05) is 0 Å². The summed E-state index contributed by atoms with van der Waals surface area (Å²) in [4.78, 5) is 27.0. The topological polar surface area (TPSA) is 108 Å². The molecule has 1 aliphatic rings. The molecular weight excluding hydrogens is 248 g/mol. The van der Waals surface area contributed by atoms with Crippen LogP contribution in [0.2, 0.25) is 0 Å². The van der Waals surface area contributed by atoms with Gasteiger partial charge in [-0.1, -0.05) is 19.3 Å². The Balaban J connectivity index is 2.11. The number of nitrogens with one attached hydrogen (secondary N) is 2. The van der Waals surface area contributed by atoms with Crippen LogP contribution in [0.1, 0.15) is 55.0 Å². The molecule has 0 saturated heterocycles. The molecule has 7 nitrogen and oxygen atoms in total. The minimum absolute atomic E-state index is 0.0534. The fourth-order valence-electron chi connectivity index (χ4n) is 2.60. The molecule has 0 aliphatic heterocycles. The van der Waals surface area contributed by atoms with Gasteiger partial charge in [-0.05, 0) is 19.8 Å². The van der Waals surface area contributed by atoms with E-state index in [0.29, 0.717) is 18.7 Å². The third-order valence-corrected chi connectivity index (χ3v) is 3.48. The third-order valence-electron chi connectivity index (χ3n) is 3.48. The van der Waals surface area contributed by atoms with Crippen LogP contribution in [0.25, 0.3) is 0 Å². The molecule has 104 valence electrons. The van der Waals surface area contributed by atoms with Crippen molar-refractivity contribution in [2.75, 3.05) is 0 Å². The molecule has 7 heteroatoms. The molecule has 2 rings (SSSR count). The van der Waals surface area contributed by atoms with Crippen LogP contribution >= 0.6 is 0 Å². The zero-order valence-electron chi connectivity index (χ0n) is 10.9. The lowest BCUT2D eigenvalue weighted by Crippen LogP contribution is -2.51. The van der Waals surface area contributed by atoms with Gasteiger partial charge in [-0.25, -0.2) is 4.98 Å². The predicted octanol–water partition coefficient (Wildman–Crippen LogP) is 1.02. The highest BCUT2D eigenvalue weighted by molar-refractivity contribution is 5.91. The fraction of sp³-hybridized carbons (Fsp3) is 0.667. The average Bonchev–Trinajstić information content (AvgIpc) is 2.76. The highest BCUT2D eigenvalue weighted by Crippen LogP contribution is 2.31. The van der Waals surface area contributed by atoms with E-state index >= 15 is 0 Å². The molecule has 3 N–H and O–H groups in total. The number of aromatic amines is 1. The maximum Gasteiger partial charge on any atom is 0.305 e. The molecule has 1 aromatic rings. The smallest absolute Gasteiger partial charge is 0.305 e. The second-order valence-corrected chi connectivity index (χ2v) is 5.11. The summed E-state index contributed by atoms with van der Waals surface area (Å²) >= 11 is 0. The molecule has 0 unspecified atom stereocenters. The number of carboxylic acid groups (broad SMARTS) is 1. The first kappa shape index (κ1) is 13.5. The Hall–Kier alpha value is -1.92. The number of H-pyrrole nitrogens is 1. The van der Waals surface area contributed by atoms with Crippen LogP contribution in [0.5, 0.6) is 0 Å². The number of carbonyl (C=O) groups excluding carboxylic acids is 1. The van der Waals surface area contributed by atoms with Crippen LogP contribution in [0.4, 0.5) is 0 Å². The van der Waals surface area contributed by atoms with Gasteiger partial charge in [0, 0.05) is 0 Å². The Morgan fingerprint density at radius 3 is 2.58 bits per heavy atom. The van der Waals surface area contributed by atoms with Gasteiger partial charge >= 0.3 is 5.97 Å². The van der Waals surface area contributed by atoms with Crippen molar-refractivity contribution in [2.24, 2.45) is 0 Å². The van der Waals surface area contributed by atoms with Crippen molar-refractivity contribution in [3.63, 3.8) is 0 Å². The van der Waals surface area contributed by atoms with Gasteiger partial charge in [-0.2, -0.15) is 0 Å². The maximum atomic E-state index is 12.1. The summed E-state index contributed by atoms with van der Waals surface area (Å²) in [6.45, 7) is 1.71. The van der Waals surface area contributed by atoms with Crippen molar-refractivity contribution in [3.05, 3.63) is 11.6 Å². The van der Waals surface area contributed by atoms with Crippen LogP contribution in [-0.4, -0.2) is 37.7 Å². The number of aryl methyl sites for hydroxylation is 1. The standard InChI is InChI=1S/C12H18N4O3/c1-8-13-10(16-15-8)11(19)14-12(7-9(17)18)5-3-2-4-6-12/h2-7H2,1H3,(H,14,19)(H,17,18)(H,13,15,16). The monoisotopic (exact) mass is 266 g/mol. The van der Waals surface area contributed by atoms with Gasteiger partial charge in [0.2, 0.25) is 5.82 Å². The van der Waals surface area contributed by atoms with Crippen molar-refractivity contribution in [2.45, 2.75) is 51.0 Å². The van der Waals surface area contributed by atoms with E-state index in [2.05, 4.69) is 20.5 Å². The molecule has 0 atom stereocenters. The largest absolute Gasteiger partial charge is 0.481 e. The molecule has 0 spiro atoms. The molecule has 1 fully saturated rings. The summed E-state index contributed by atoms with van der Waals surface area (Å²) < 4.78 is 0. The molecule has 0 aromatic carbocycles. The summed E-state index contributed by atoms with van der Waals surface area (Å²) in [6, 6.07) is 0. The van der Waals surface area contributed by atoms with Crippen LogP contribution in [0.15, 0.2) is 0 Å². The Labute approximate surface area is 110 Å². The van der Waals surface area contributed by atoms with Crippen LogP contribution in [0.3, 0.4) is 0 Å². The fourth-order valence-corrected chi connectivity index (χ4v) is 2.60. The van der Waals surface area contributed by atoms with Crippen molar-refractivity contribution in [1.29, 1.82) is 0 Å². The van der Waals surface area contributed by atoms with E-state index in [0.717, 1.165) is 19.3 Å². The van der Waals surface area contributed by atoms with Crippen molar-refractivity contribution < 1.29 is 14.7 Å². The molecule has 1 amide bonds. The van der Waals surface area contributed by atoms with Crippen molar-refractivity contribution >= 4 is 11.9 Å². The second kappa shape index (κ2) is 5.38. The lowest BCUT2D eigenvalue weighted by atomic mass is 9.79. The number of hydrogen-bond donors (Lipinski definition) is 3. The summed E-state index contributed by atoms with van der Waals surface area (Å²) in [5.41, 5.74) is -0.657. The first-order valence-corrected chi connectivity index (χ1v) is 6.44. The van der Waals surface area contributed by atoms with E-state index in [4.69, 9.17) is 5.11 Å². The minimum Gasteiger partial charge on any atom is -0.481 e. The van der Waals surface area contributed by atoms with Gasteiger partial charge in [0.1, 0.15) is 5.82 Å². The molecule has 1 aliphatic carbocycles. The molecule has 1 saturated carbocycles. The van der Waals surface area contributed by atoms with Gasteiger partial charge in [0.25, 0.3) is 5.91 Å². The molecule has 1 heterocycles. The van der Waals surface area contributed by atoms with Gasteiger partial charge in [-0.3, -0.25) is 14.7 Å². The zero-order chi connectivity index (χ0) is 13.9.